The number of fused-ring (bicyclic) bond motifs is 2. The van der Waals surface area contributed by atoms with Crippen molar-refractivity contribution in [3.8, 4) is 5.69 Å². The average Bonchev–Trinajstić information content (AvgIpc) is 3.19. The number of nitrogens with one attached hydrogen (secondary N) is 2. The molecule has 3 unspecified atom stereocenters. The predicted octanol–water partition coefficient (Wildman–Crippen LogP) is 0.970. The quantitative estimate of drug-likeness (QED) is 0.501. The van der Waals surface area contributed by atoms with Crippen molar-refractivity contribution in [2.45, 2.75) is 18.4 Å². The van der Waals surface area contributed by atoms with Crippen LogP contribution in [-0.4, -0.2) is 43.9 Å². The lowest BCUT2D eigenvalue weighted by Gasteiger charge is -2.26. The Balaban J connectivity index is 1.68. The van der Waals surface area contributed by atoms with Crippen LogP contribution in [0.2, 0.25) is 5.02 Å². The molecule has 2 aromatic rings. The maximum atomic E-state index is 6.05. The molecule has 4 N–H and O–H groups in total. The summed E-state index contributed by atoms with van der Waals surface area (Å²) in [6.07, 6.45) is 1.16. The molecule has 3 atom stereocenters. The fourth-order valence-electron chi connectivity index (χ4n) is 2.81. The van der Waals surface area contributed by atoms with Crippen LogP contribution in [0.5, 0.6) is 0 Å². The van der Waals surface area contributed by atoms with Crippen molar-refractivity contribution >= 4 is 41.1 Å². The van der Waals surface area contributed by atoms with Crippen LogP contribution in [0.3, 0.4) is 0 Å². The second-order valence-electron chi connectivity index (χ2n) is 5.66. The number of halogens is 1. The SMILES string of the molecule is NC(=S)NNC1=CC(n2nnn(-c3cccc(Cl)c3)c2=S)C2COC1O2. The minimum Gasteiger partial charge on any atom is -0.375 e. The largest absolute Gasteiger partial charge is 0.375 e. The van der Waals surface area contributed by atoms with Gasteiger partial charge in [0.25, 0.3) is 0 Å². The van der Waals surface area contributed by atoms with E-state index in [9.17, 15) is 0 Å². The second kappa shape index (κ2) is 6.93. The van der Waals surface area contributed by atoms with Gasteiger partial charge in [-0.2, -0.15) is 4.68 Å². The third-order valence-electron chi connectivity index (χ3n) is 3.96. The first kappa shape index (κ1) is 17.4. The average molecular weight is 412 g/mol. The van der Waals surface area contributed by atoms with E-state index in [0.717, 1.165) is 5.69 Å². The van der Waals surface area contributed by atoms with Gasteiger partial charge in [-0.15, -0.1) is 0 Å². The molecule has 0 spiro atoms. The molecule has 1 aromatic carbocycles. The Morgan fingerprint density at radius 3 is 3.00 bits per heavy atom. The summed E-state index contributed by atoms with van der Waals surface area (Å²) in [6.45, 7) is 0.399. The topological polar surface area (TPSA) is 104 Å². The lowest BCUT2D eigenvalue weighted by Crippen LogP contribution is -2.45. The number of aromatic nitrogens is 4. The van der Waals surface area contributed by atoms with Gasteiger partial charge in [0.1, 0.15) is 12.1 Å². The molecule has 12 heteroatoms. The summed E-state index contributed by atoms with van der Waals surface area (Å²) in [5.74, 6) is 0. The third-order valence-corrected chi connectivity index (χ3v) is 4.66. The highest BCUT2D eigenvalue weighted by atomic mass is 35.5. The molecule has 0 radical (unpaired) electrons. The standard InChI is InChI=1S/C14H14ClN7O2S2/c15-7-2-1-3-8(4-7)21-14(26)22(20-19-21)10-5-9(17-18-13(16)25)12-23-6-11(10)24-12/h1-5,10-12,17H,6H2,(H3,16,18,25). The minimum atomic E-state index is -0.518. The van der Waals surface area contributed by atoms with E-state index in [-0.39, 0.29) is 17.3 Å². The summed E-state index contributed by atoms with van der Waals surface area (Å²) in [5, 5.41) is 9.03. The molecule has 0 saturated carbocycles. The fourth-order valence-corrected chi connectivity index (χ4v) is 3.34. The number of thiocarbonyl (C=S) groups is 1. The first-order valence-electron chi connectivity index (χ1n) is 7.63. The number of nitrogens with zero attached hydrogens (tertiary/aromatic N) is 4. The van der Waals surface area contributed by atoms with Gasteiger partial charge in [-0.05, 0) is 59.1 Å². The molecule has 0 aliphatic carbocycles. The number of hydrogen-bond donors (Lipinski definition) is 3. The first-order valence-corrected chi connectivity index (χ1v) is 8.83. The number of ether oxygens (including phenoxy) is 2. The lowest BCUT2D eigenvalue weighted by molar-refractivity contribution is -0.0499. The number of hydrazine groups is 1. The van der Waals surface area contributed by atoms with Crippen molar-refractivity contribution in [3.63, 3.8) is 0 Å². The van der Waals surface area contributed by atoms with Gasteiger partial charge >= 0.3 is 0 Å². The first-order chi connectivity index (χ1) is 12.5. The number of nitrogens with two attached hydrogens (primary N) is 1. The van der Waals surface area contributed by atoms with Gasteiger partial charge in [-0.3, -0.25) is 10.9 Å². The van der Waals surface area contributed by atoms with Gasteiger partial charge in [-0.1, -0.05) is 17.7 Å². The number of hydrogen-bond acceptors (Lipinski definition) is 7. The predicted molar refractivity (Wildman–Crippen MR) is 100.0 cm³/mol. The molecule has 4 rings (SSSR count). The van der Waals surface area contributed by atoms with Crippen molar-refractivity contribution in [2.75, 3.05) is 6.61 Å². The van der Waals surface area contributed by atoms with Crippen LogP contribution < -0.4 is 16.6 Å². The summed E-state index contributed by atoms with van der Waals surface area (Å²) < 4.78 is 15.0. The zero-order valence-electron chi connectivity index (χ0n) is 13.2. The maximum absolute atomic E-state index is 6.05. The highest BCUT2D eigenvalue weighted by Crippen LogP contribution is 2.32. The third kappa shape index (κ3) is 3.19. The molecule has 136 valence electrons. The number of rotatable bonds is 4. The summed E-state index contributed by atoms with van der Waals surface area (Å²) in [6, 6.07) is 6.91. The molecular formula is C14H14ClN7O2S2. The van der Waals surface area contributed by atoms with E-state index in [0.29, 0.717) is 22.1 Å². The normalized spacial score (nSPS) is 24.2. The van der Waals surface area contributed by atoms with Gasteiger partial charge in [0.05, 0.1) is 18.0 Å². The molecule has 3 heterocycles. The number of benzene rings is 1. The molecule has 2 aliphatic heterocycles. The van der Waals surface area contributed by atoms with E-state index < -0.39 is 6.29 Å². The summed E-state index contributed by atoms with van der Waals surface area (Å²) >= 11 is 16.4. The van der Waals surface area contributed by atoms with Gasteiger partial charge in [0, 0.05) is 5.02 Å². The minimum absolute atomic E-state index is 0.103. The Kier molecular flexibility index (Phi) is 4.63. The molecule has 1 fully saturated rings. The van der Waals surface area contributed by atoms with E-state index >= 15 is 0 Å². The van der Waals surface area contributed by atoms with Gasteiger partial charge in [0.15, 0.2) is 5.11 Å². The molecule has 1 saturated heterocycles. The number of tetrazole rings is 1. The molecule has 0 amide bonds. The molecule has 26 heavy (non-hydrogen) atoms. The molecular weight excluding hydrogens is 398 g/mol. The van der Waals surface area contributed by atoms with E-state index in [4.69, 9.17) is 51.2 Å². The Hall–Kier alpha value is -2.05. The van der Waals surface area contributed by atoms with Gasteiger partial charge in [-0.25, -0.2) is 4.68 Å². The second-order valence-corrected chi connectivity index (χ2v) is 6.91. The van der Waals surface area contributed by atoms with Crippen molar-refractivity contribution in [1.82, 2.24) is 30.6 Å². The smallest absolute Gasteiger partial charge is 0.221 e. The van der Waals surface area contributed by atoms with Gasteiger partial charge < -0.3 is 15.2 Å². The molecule has 1 aromatic heterocycles. The fraction of sp³-hybridized carbons (Fsp3) is 0.286. The zero-order valence-corrected chi connectivity index (χ0v) is 15.6. The van der Waals surface area contributed by atoms with E-state index in [1.807, 2.05) is 18.2 Å². The van der Waals surface area contributed by atoms with Gasteiger partial charge in [0.2, 0.25) is 11.1 Å². The van der Waals surface area contributed by atoms with Crippen LogP contribution in [-0.2, 0) is 9.47 Å². The van der Waals surface area contributed by atoms with E-state index in [1.165, 1.54) is 4.68 Å². The zero-order chi connectivity index (χ0) is 18.3. The summed E-state index contributed by atoms with van der Waals surface area (Å²) in [7, 11) is 0. The Labute approximate surface area is 163 Å². The van der Waals surface area contributed by atoms with Crippen molar-refractivity contribution in [2.24, 2.45) is 5.73 Å². The van der Waals surface area contributed by atoms with Crippen LogP contribution in [0.15, 0.2) is 36.0 Å². The van der Waals surface area contributed by atoms with Crippen LogP contribution in [0.25, 0.3) is 5.69 Å². The summed E-state index contributed by atoms with van der Waals surface area (Å²) in [4.78, 5) is 0. The summed E-state index contributed by atoms with van der Waals surface area (Å²) in [5.41, 5.74) is 12.4. The van der Waals surface area contributed by atoms with Crippen LogP contribution in [0, 0.1) is 4.77 Å². The Bertz CT molecular complexity index is 943. The van der Waals surface area contributed by atoms with Crippen LogP contribution >= 0.6 is 36.0 Å². The molecule has 2 bridgehead atoms. The van der Waals surface area contributed by atoms with Crippen molar-refractivity contribution < 1.29 is 9.47 Å². The molecule has 2 aliphatic rings. The Morgan fingerprint density at radius 2 is 2.23 bits per heavy atom. The van der Waals surface area contributed by atoms with Crippen LogP contribution in [0.1, 0.15) is 6.04 Å². The van der Waals surface area contributed by atoms with Crippen LogP contribution in [0.4, 0.5) is 0 Å². The maximum Gasteiger partial charge on any atom is 0.221 e. The van der Waals surface area contributed by atoms with Crippen molar-refractivity contribution in [1.29, 1.82) is 0 Å². The van der Waals surface area contributed by atoms with E-state index in [2.05, 4.69) is 21.3 Å². The highest BCUT2D eigenvalue weighted by molar-refractivity contribution is 7.80. The Morgan fingerprint density at radius 1 is 1.38 bits per heavy atom. The van der Waals surface area contributed by atoms with E-state index in [1.54, 1.807) is 16.8 Å². The van der Waals surface area contributed by atoms with Crippen molar-refractivity contribution in [3.05, 3.63) is 45.8 Å². The lowest BCUT2D eigenvalue weighted by atomic mass is 10.1. The monoisotopic (exact) mass is 411 g/mol. The highest BCUT2D eigenvalue weighted by Gasteiger charge is 2.41. The molecule has 9 nitrogen and oxygen atoms in total.